The molecule has 144 valence electrons. The van der Waals surface area contributed by atoms with Gasteiger partial charge in [-0.3, -0.25) is 9.59 Å². The summed E-state index contributed by atoms with van der Waals surface area (Å²) in [4.78, 5) is 30.3. The molecule has 5 rings (SSSR count). The lowest BCUT2D eigenvalue weighted by Gasteiger charge is -2.33. The number of carbonyl (C=O) groups excluding carboxylic acids is 2. The van der Waals surface area contributed by atoms with Crippen molar-refractivity contribution in [3.63, 3.8) is 0 Å². The van der Waals surface area contributed by atoms with E-state index in [2.05, 4.69) is 0 Å². The van der Waals surface area contributed by atoms with Crippen molar-refractivity contribution in [1.82, 2.24) is 4.90 Å². The normalized spacial score (nSPS) is 27.9. The molecule has 0 aromatic heterocycles. The fourth-order valence-corrected chi connectivity index (χ4v) is 4.87. The third kappa shape index (κ3) is 2.87. The molecule has 2 saturated heterocycles. The number of fused-ring (bicyclic) bond motifs is 2. The van der Waals surface area contributed by atoms with Crippen LogP contribution in [0.1, 0.15) is 67.3 Å². The Labute approximate surface area is 160 Å². The maximum Gasteiger partial charge on any atom is 0.263 e. The van der Waals surface area contributed by atoms with Gasteiger partial charge in [0.1, 0.15) is 0 Å². The van der Waals surface area contributed by atoms with Gasteiger partial charge >= 0.3 is 0 Å². The van der Waals surface area contributed by atoms with Crippen molar-refractivity contribution in [2.24, 2.45) is 5.92 Å². The molecule has 1 aliphatic carbocycles. The second-order valence-electron chi connectivity index (χ2n) is 8.58. The summed E-state index contributed by atoms with van der Waals surface area (Å²) >= 11 is 0. The highest BCUT2D eigenvalue weighted by Crippen LogP contribution is 2.49. The number of hydrogen-bond donors (Lipinski definition) is 0. The maximum atomic E-state index is 13.4. The van der Waals surface area contributed by atoms with Crippen molar-refractivity contribution in [1.29, 1.82) is 0 Å². The van der Waals surface area contributed by atoms with Gasteiger partial charge in [-0.05, 0) is 75.5 Å². The van der Waals surface area contributed by atoms with Gasteiger partial charge in [0.2, 0.25) is 0 Å². The number of ether oxygens (including phenoxy) is 1. The Morgan fingerprint density at radius 3 is 2.63 bits per heavy atom. The quantitative estimate of drug-likeness (QED) is 0.821. The topological polar surface area (TPSA) is 49.9 Å². The van der Waals surface area contributed by atoms with E-state index in [4.69, 9.17) is 4.74 Å². The average molecular weight is 368 g/mol. The lowest BCUT2D eigenvalue weighted by atomic mass is 9.86. The number of rotatable bonds is 3. The number of piperidine rings is 1. The summed E-state index contributed by atoms with van der Waals surface area (Å²) < 4.78 is 6.16. The molecule has 3 fully saturated rings. The molecule has 0 N–H and O–H groups in total. The van der Waals surface area contributed by atoms with Crippen molar-refractivity contribution < 1.29 is 14.3 Å². The fraction of sp³-hybridized carbons (Fsp3) is 0.636. The van der Waals surface area contributed by atoms with Gasteiger partial charge in [0.05, 0.1) is 5.69 Å². The summed E-state index contributed by atoms with van der Waals surface area (Å²) in [5.74, 6) is 0.804. The van der Waals surface area contributed by atoms with Crippen LogP contribution in [0.4, 0.5) is 5.69 Å². The molecule has 1 aromatic carbocycles. The summed E-state index contributed by atoms with van der Waals surface area (Å²) in [6, 6.07) is 5.85. The minimum absolute atomic E-state index is 0.0895. The van der Waals surface area contributed by atoms with Crippen LogP contribution in [0.3, 0.4) is 0 Å². The van der Waals surface area contributed by atoms with Gasteiger partial charge in [0.15, 0.2) is 5.60 Å². The van der Waals surface area contributed by atoms with Gasteiger partial charge in [-0.15, -0.1) is 0 Å². The Bertz CT molecular complexity index is 759. The number of hydrogen-bond acceptors (Lipinski definition) is 3. The zero-order valence-corrected chi connectivity index (χ0v) is 15.9. The SMILES string of the molecule is O=C(c1ccc2c(c1)C1(CCCCO1)C(=O)N2CC1CC1)N1CCCCC1. The molecule has 27 heavy (non-hydrogen) atoms. The van der Waals surface area contributed by atoms with E-state index in [9.17, 15) is 9.59 Å². The molecule has 2 amide bonds. The van der Waals surface area contributed by atoms with Crippen molar-refractivity contribution in [2.45, 2.75) is 57.0 Å². The smallest absolute Gasteiger partial charge is 0.263 e. The minimum Gasteiger partial charge on any atom is -0.360 e. The molecule has 1 atom stereocenters. The van der Waals surface area contributed by atoms with Crippen molar-refractivity contribution in [2.75, 3.05) is 31.1 Å². The van der Waals surface area contributed by atoms with Gasteiger partial charge in [-0.2, -0.15) is 0 Å². The molecule has 5 nitrogen and oxygen atoms in total. The van der Waals surface area contributed by atoms with Crippen LogP contribution in [0.2, 0.25) is 0 Å². The zero-order valence-electron chi connectivity index (χ0n) is 15.9. The molecule has 1 saturated carbocycles. The third-order valence-electron chi connectivity index (χ3n) is 6.61. The van der Waals surface area contributed by atoms with Crippen molar-refractivity contribution >= 4 is 17.5 Å². The summed E-state index contributed by atoms with van der Waals surface area (Å²) in [6.45, 7) is 3.08. The summed E-state index contributed by atoms with van der Waals surface area (Å²) in [7, 11) is 0. The van der Waals surface area contributed by atoms with E-state index < -0.39 is 5.60 Å². The summed E-state index contributed by atoms with van der Waals surface area (Å²) in [6.07, 6.45) is 8.49. The molecule has 3 aliphatic heterocycles. The van der Waals surface area contributed by atoms with E-state index in [1.54, 1.807) is 0 Å². The van der Waals surface area contributed by atoms with E-state index in [1.165, 1.54) is 19.3 Å². The first kappa shape index (κ1) is 17.2. The first-order valence-corrected chi connectivity index (χ1v) is 10.6. The number of nitrogens with zero attached hydrogens (tertiary/aromatic N) is 2. The van der Waals surface area contributed by atoms with E-state index in [-0.39, 0.29) is 11.8 Å². The highest BCUT2D eigenvalue weighted by atomic mass is 16.5. The highest BCUT2D eigenvalue weighted by molar-refractivity contribution is 6.08. The van der Waals surface area contributed by atoms with Crippen LogP contribution < -0.4 is 4.90 Å². The minimum atomic E-state index is -0.860. The molecule has 5 heteroatoms. The van der Waals surface area contributed by atoms with Crippen LogP contribution in [0.25, 0.3) is 0 Å². The monoisotopic (exact) mass is 368 g/mol. The van der Waals surface area contributed by atoms with Gasteiger partial charge in [0, 0.05) is 37.4 Å². The van der Waals surface area contributed by atoms with E-state index in [1.807, 2.05) is 28.0 Å². The summed E-state index contributed by atoms with van der Waals surface area (Å²) in [5.41, 5.74) is 1.73. The number of anilines is 1. The van der Waals surface area contributed by atoms with Gasteiger partial charge in [-0.25, -0.2) is 0 Å². The number of amides is 2. The molecular weight excluding hydrogens is 340 g/mol. The molecule has 1 aromatic rings. The third-order valence-corrected chi connectivity index (χ3v) is 6.61. The largest absolute Gasteiger partial charge is 0.360 e. The fourth-order valence-electron chi connectivity index (χ4n) is 4.87. The lowest BCUT2D eigenvalue weighted by molar-refractivity contribution is -0.150. The number of carbonyl (C=O) groups is 2. The van der Waals surface area contributed by atoms with E-state index >= 15 is 0 Å². The van der Waals surface area contributed by atoms with Crippen LogP contribution in [-0.2, 0) is 15.1 Å². The van der Waals surface area contributed by atoms with Crippen LogP contribution in [-0.4, -0.2) is 43.0 Å². The number of likely N-dealkylation sites (tertiary alicyclic amines) is 1. The Morgan fingerprint density at radius 1 is 1.11 bits per heavy atom. The number of benzene rings is 1. The first-order valence-electron chi connectivity index (χ1n) is 10.6. The molecule has 4 aliphatic rings. The lowest BCUT2D eigenvalue weighted by Crippen LogP contribution is -2.45. The van der Waals surface area contributed by atoms with Crippen molar-refractivity contribution in [3.05, 3.63) is 29.3 Å². The van der Waals surface area contributed by atoms with Gasteiger partial charge < -0.3 is 14.5 Å². The second-order valence-corrected chi connectivity index (χ2v) is 8.58. The Balaban J connectivity index is 1.52. The van der Waals surface area contributed by atoms with Crippen LogP contribution >= 0.6 is 0 Å². The molecule has 0 bridgehead atoms. The van der Waals surface area contributed by atoms with Crippen molar-refractivity contribution in [3.8, 4) is 0 Å². The predicted octanol–water partition coefficient (Wildman–Crippen LogP) is 3.47. The first-order chi connectivity index (χ1) is 13.2. The van der Waals surface area contributed by atoms with Crippen LogP contribution in [0, 0.1) is 5.92 Å². The molecular formula is C22H28N2O3. The zero-order chi connectivity index (χ0) is 18.4. The molecule has 3 heterocycles. The maximum absolute atomic E-state index is 13.4. The standard InChI is InChI=1S/C22H28N2O3/c25-20(23-11-3-1-4-12-23)17-8-9-19-18(14-17)22(10-2-5-13-27-22)21(26)24(19)15-16-6-7-16/h8-9,14,16H,1-7,10-13,15H2. The van der Waals surface area contributed by atoms with Gasteiger partial charge in [-0.1, -0.05) is 0 Å². The molecule has 1 unspecified atom stereocenters. The highest BCUT2D eigenvalue weighted by Gasteiger charge is 2.53. The van der Waals surface area contributed by atoms with E-state index in [0.29, 0.717) is 18.1 Å². The summed E-state index contributed by atoms with van der Waals surface area (Å²) in [5, 5.41) is 0. The van der Waals surface area contributed by atoms with Crippen LogP contribution in [0.5, 0.6) is 0 Å². The molecule has 1 spiro atoms. The van der Waals surface area contributed by atoms with Gasteiger partial charge in [0.25, 0.3) is 11.8 Å². The Morgan fingerprint density at radius 2 is 1.93 bits per heavy atom. The second kappa shape index (κ2) is 6.62. The van der Waals surface area contributed by atoms with Crippen LogP contribution in [0.15, 0.2) is 18.2 Å². The predicted molar refractivity (Wildman–Crippen MR) is 103 cm³/mol. The Hall–Kier alpha value is -1.88. The Kier molecular flexibility index (Phi) is 4.23. The average Bonchev–Trinajstić information content (AvgIpc) is 3.53. The molecule has 0 radical (unpaired) electrons. The van der Waals surface area contributed by atoms with E-state index in [0.717, 1.165) is 63.0 Å².